The van der Waals surface area contributed by atoms with Gasteiger partial charge in [-0.25, -0.2) is 15.0 Å². The summed E-state index contributed by atoms with van der Waals surface area (Å²) >= 11 is 7.52. The largest absolute Gasteiger partial charge is 0.441 e. The van der Waals surface area contributed by atoms with Crippen LogP contribution in [0.5, 0.6) is 0 Å². The molecule has 0 aliphatic heterocycles. The van der Waals surface area contributed by atoms with E-state index in [1.807, 2.05) is 36.7 Å². The third-order valence-corrected chi connectivity index (χ3v) is 5.39. The van der Waals surface area contributed by atoms with E-state index in [2.05, 4.69) is 19.9 Å². The van der Waals surface area contributed by atoms with Gasteiger partial charge in [-0.15, -0.1) is 0 Å². The summed E-state index contributed by atoms with van der Waals surface area (Å²) in [5, 5.41) is 1.33. The van der Waals surface area contributed by atoms with E-state index in [9.17, 15) is 4.79 Å². The molecule has 0 fully saturated rings. The summed E-state index contributed by atoms with van der Waals surface area (Å²) < 4.78 is 7.61. The van der Waals surface area contributed by atoms with Crippen molar-refractivity contribution in [2.45, 2.75) is 24.8 Å². The summed E-state index contributed by atoms with van der Waals surface area (Å²) in [5.74, 6) is 2.39. The fourth-order valence-electron chi connectivity index (χ4n) is 2.73. The molecule has 27 heavy (non-hydrogen) atoms. The zero-order valence-corrected chi connectivity index (χ0v) is 16.5. The minimum atomic E-state index is -0.235. The van der Waals surface area contributed by atoms with E-state index in [1.54, 1.807) is 13.0 Å². The van der Waals surface area contributed by atoms with E-state index in [0.29, 0.717) is 38.8 Å². The zero-order valence-electron chi connectivity index (χ0n) is 14.9. The van der Waals surface area contributed by atoms with E-state index in [0.717, 1.165) is 17.0 Å². The Hall–Kier alpha value is -2.58. The molecule has 3 heterocycles. The Bertz CT molecular complexity index is 1210. The second kappa shape index (κ2) is 6.86. The van der Waals surface area contributed by atoms with Crippen LogP contribution in [-0.2, 0) is 12.8 Å². The number of aryl methyl sites for hydroxylation is 3. The number of imidazole rings is 1. The maximum absolute atomic E-state index is 12.1. The minimum Gasteiger partial charge on any atom is -0.441 e. The quantitative estimate of drug-likeness (QED) is 0.522. The van der Waals surface area contributed by atoms with Crippen molar-refractivity contribution in [2.24, 2.45) is 7.05 Å². The van der Waals surface area contributed by atoms with Crippen LogP contribution in [-0.4, -0.2) is 24.5 Å². The third kappa shape index (κ3) is 3.38. The van der Waals surface area contributed by atoms with Gasteiger partial charge in [0, 0.05) is 23.4 Å². The molecular weight excluding hydrogens is 386 g/mol. The standard InChI is InChI=1S/C18H16ClN5O2S/c1-9-13(22-17(26-9)11-5-4-6-12(19)7-11)8-27-18-23-14-15(24(18)3)20-10(2)21-16(14)25/h4-7H,8H2,1-3H3,(H,20,21,25). The molecule has 4 aromatic rings. The summed E-state index contributed by atoms with van der Waals surface area (Å²) in [5.41, 5.74) is 2.31. The first-order chi connectivity index (χ1) is 12.9. The Kier molecular flexibility index (Phi) is 4.53. The highest BCUT2D eigenvalue weighted by Crippen LogP contribution is 2.28. The number of aromatic amines is 1. The number of hydrogen-bond donors (Lipinski definition) is 1. The molecule has 0 atom stereocenters. The highest BCUT2D eigenvalue weighted by molar-refractivity contribution is 7.98. The molecule has 9 heteroatoms. The topological polar surface area (TPSA) is 89.6 Å². The number of thioether (sulfide) groups is 1. The maximum atomic E-state index is 12.1. The van der Waals surface area contributed by atoms with E-state index >= 15 is 0 Å². The van der Waals surface area contributed by atoms with E-state index in [4.69, 9.17) is 16.0 Å². The summed E-state index contributed by atoms with van der Waals surface area (Å²) in [6.07, 6.45) is 0. The predicted molar refractivity (Wildman–Crippen MR) is 105 cm³/mol. The van der Waals surface area contributed by atoms with Crippen LogP contribution in [0.1, 0.15) is 17.3 Å². The molecule has 3 aromatic heterocycles. The first kappa shape index (κ1) is 17.8. The molecule has 1 aromatic carbocycles. The van der Waals surface area contributed by atoms with Crippen molar-refractivity contribution in [3.05, 3.63) is 56.9 Å². The first-order valence-electron chi connectivity index (χ1n) is 8.21. The lowest BCUT2D eigenvalue weighted by Crippen LogP contribution is -2.10. The average molecular weight is 402 g/mol. The number of halogens is 1. The first-order valence-corrected chi connectivity index (χ1v) is 9.57. The van der Waals surface area contributed by atoms with Crippen molar-refractivity contribution in [1.29, 1.82) is 0 Å². The van der Waals surface area contributed by atoms with Gasteiger partial charge < -0.3 is 14.0 Å². The number of fused-ring (bicyclic) bond motifs is 1. The number of nitrogens with zero attached hydrogens (tertiary/aromatic N) is 4. The van der Waals surface area contributed by atoms with Gasteiger partial charge in [0.1, 0.15) is 11.6 Å². The molecule has 0 spiro atoms. The van der Waals surface area contributed by atoms with Crippen LogP contribution in [0.4, 0.5) is 0 Å². The second-order valence-corrected chi connectivity index (χ2v) is 7.48. The van der Waals surface area contributed by atoms with Gasteiger partial charge in [0.15, 0.2) is 16.3 Å². The van der Waals surface area contributed by atoms with Crippen LogP contribution in [0, 0.1) is 13.8 Å². The fourth-order valence-corrected chi connectivity index (χ4v) is 3.89. The Balaban J connectivity index is 1.61. The van der Waals surface area contributed by atoms with Gasteiger partial charge in [-0.2, -0.15) is 0 Å². The molecule has 0 aliphatic carbocycles. The lowest BCUT2D eigenvalue weighted by Gasteiger charge is -2.00. The SMILES string of the molecule is Cc1nc2c(nc(SCc3nc(-c4cccc(Cl)c4)oc3C)n2C)c(=O)[nH]1. The molecule has 1 N–H and O–H groups in total. The van der Waals surface area contributed by atoms with Gasteiger partial charge in [-0.3, -0.25) is 4.79 Å². The van der Waals surface area contributed by atoms with Gasteiger partial charge >= 0.3 is 0 Å². The smallest absolute Gasteiger partial charge is 0.279 e. The molecule has 4 rings (SSSR count). The van der Waals surface area contributed by atoms with Gasteiger partial charge in [-0.1, -0.05) is 29.4 Å². The summed E-state index contributed by atoms with van der Waals surface area (Å²) in [4.78, 5) is 28.1. The van der Waals surface area contributed by atoms with E-state index < -0.39 is 0 Å². The lowest BCUT2D eigenvalue weighted by molar-refractivity contribution is 0.540. The number of nitrogens with one attached hydrogen (secondary N) is 1. The number of hydrogen-bond acceptors (Lipinski definition) is 6. The van der Waals surface area contributed by atoms with Crippen LogP contribution < -0.4 is 5.56 Å². The molecule has 0 amide bonds. The van der Waals surface area contributed by atoms with Crippen molar-refractivity contribution in [2.75, 3.05) is 0 Å². The molecule has 0 saturated heterocycles. The van der Waals surface area contributed by atoms with Crippen molar-refractivity contribution in [3.8, 4) is 11.5 Å². The van der Waals surface area contributed by atoms with Gasteiger partial charge in [0.25, 0.3) is 5.56 Å². The second-order valence-electron chi connectivity index (χ2n) is 6.10. The Morgan fingerprint density at radius 1 is 1.26 bits per heavy atom. The number of H-pyrrole nitrogens is 1. The van der Waals surface area contributed by atoms with Gasteiger partial charge in [-0.05, 0) is 32.0 Å². The summed E-state index contributed by atoms with van der Waals surface area (Å²) in [7, 11) is 1.84. The Morgan fingerprint density at radius 2 is 2.07 bits per heavy atom. The Labute approximate surface area is 163 Å². The van der Waals surface area contributed by atoms with Crippen LogP contribution in [0.3, 0.4) is 0 Å². The molecule has 0 saturated carbocycles. The zero-order chi connectivity index (χ0) is 19.1. The monoisotopic (exact) mass is 401 g/mol. The molecule has 7 nitrogen and oxygen atoms in total. The summed E-state index contributed by atoms with van der Waals surface area (Å²) in [6, 6.07) is 7.38. The number of oxazole rings is 1. The Morgan fingerprint density at radius 3 is 2.85 bits per heavy atom. The third-order valence-electron chi connectivity index (χ3n) is 4.11. The summed E-state index contributed by atoms with van der Waals surface area (Å²) in [6.45, 7) is 3.62. The maximum Gasteiger partial charge on any atom is 0.279 e. The van der Waals surface area contributed by atoms with Crippen LogP contribution in [0.15, 0.2) is 38.6 Å². The number of rotatable bonds is 4. The molecule has 138 valence electrons. The minimum absolute atomic E-state index is 0.235. The van der Waals surface area contributed by atoms with Crippen molar-refractivity contribution < 1.29 is 4.42 Å². The average Bonchev–Trinajstić information content (AvgIpc) is 3.14. The molecule has 0 radical (unpaired) electrons. The van der Waals surface area contributed by atoms with Crippen LogP contribution in [0.25, 0.3) is 22.6 Å². The highest BCUT2D eigenvalue weighted by atomic mass is 35.5. The van der Waals surface area contributed by atoms with E-state index in [-0.39, 0.29) is 5.56 Å². The normalized spacial score (nSPS) is 11.4. The fraction of sp³-hybridized carbons (Fsp3) is 0.222. The van der Waals surface area contributed by atoms with Crippen molar-refractivity contribution in [3.63, 3.8) is 0 Å². The molecule has 0 unspecified atom stereocenters. The van der Waals surface area contributed by atoms with Crippen LogP contribution in [0.2, 0.25) is 5.02 Å². The van der Waals surface area contributed by atoms with Gasteiger partial charge in [0.05, 0.1) is 5.69 Å². The highest BCUT2D eigenvalue weighted by Gasteiger charge is 2.16. The molecule has 0 bridgehead atoms. The van der Waals surface area contributed by atoms with Gasteiger partial charge in [0.2, 0.25) is 5.89 Å². The number of aromatic nitrogens is 5. The van der Waals surface area contributed by atoms with Crippen LogP contribution >= 0.6 is 23.4 Å². The molecular formula is C18H16ClN5O2S. The van der Waals surface area contributed by atoms with Crippen molar-refractivity contribution in [1.82, 2.24) is 24.5 Å². The van der Waals surface area contributed by atoms with Crippen molar-refractivity contribution >= 4 is 34.5 Å². The number of benzene rings is 1. The predicted octanol–water partition coefficient (Wildman–Crippen LogP) is 3.87. The lowest BCUT2D eigenvalue weighted by atomic mass is 10.2. The molecule has 0 aliphatic rings. The van der Waals surface area contributed by atoms with E-state index in [1.165, 1.54) is 11.8 Å².